The second kappa shape index (κ2) is 4.73. The molecule has 0 heterocycles. The maximum atomic E-state index is 12.7. The second-order valence-corrected chi connectivity index (χ2v) is 11.9. The fourth-order valence-electron chi connectivity index (χ4n) is 6.62. The molecule has 4 aliphatic carbocycles. The van der Waals surface area contributed by atoms with Crippen LogP contribution in [0.15, 0.2) is 0 Å². The third-order valence-electron chi connectivity index (χ3n) is 8.98. The maximum absolute atomic E-state index is 12.7. The SMILES string of the molecule is CC1(C)[C@@H]2CC[C@@]1(C[Se]C[C@]13CC[C@H](CC1=O)C3(C)C)C(=O)C2. The van der Waals surface area contributed by atoms with Crippen molar-refractivity contribution in [3.05, 3.63) is 0 Å². The van der Waals surface area contributed by atoms with Gasteiger partial charge in [0.05, 0.1) is 0 Å². The number of fused-ring (bicyclic) bond motifs is 4. The first kappa shape index (κ1) is 16.3. The molecule has 0 aromatic heterocycles. The summed E-state index contributed by atoms with van der Waals surface area (Å²) in [5.74, 6) is 2.31. The molecule has 4 fully saturated rings. The number of Topliss-reactive ketones (excluding diaryl/α,β-unsaturated/α-hetero) is 2. The van der Waals surface area contributed by atoms with Crippen molar-refractivity contribution in [1.82, 2.24) is 0 Å². The van der Waals surface area contributed by atoms with Gasteiger partial charge in [-0.15, -0.1) is 0 Å². The summed E-state index contributed by atoms with van der Waals surface area (Å²) in [7, 11) is 0. The molecule has 0 spiro atoms. The summed E-state index contributed by atoms with van der Waals surface area (Å²) in [6, 6.07) is 0. The van der Waals surface area contributed by atoms with E-state index in [1.165, 1.54) is 12.8 Å². The summed E-state index contributed by atoms with van der Waals surface area (Å²) in [6.45, 7) is 9.33. The van der Waals surface area contributed by atoms with Crippen LogP contribution in [0.3, 0.4) is 0 Å². The molecule has 4 rings (SSSR count). The van der Waals surface area contributed by atoms with Crippen LogP contribution in [0.2, 0.25) is 10.6 Å². The zero-order valence-electron chi connectivity index (χ0n) is 15.0. The standard InChI is InChI=1S/C20H30O2Se/c1-17(2)13-5-7-19(17,15(21)9-13)11-23-12-20-8-6-14(10-16(20)22)18(20,3)4/h13-14H,5-12H2,1-4H3/t13-,14-,19-,20-/m1/s1. The Morgan fingerprint density at radius 1 is 0.826 bits per heavy atom. The molecular formula is C20H30O2Se. The first-order valence-electron chi connectivity index (χ1n) is 9.32. The van der Waals surface area contributed by atoms with E-state index in [2.05, 4.69) is 27.7 Å². The van der Waals surface area contributed by atoms with Crippen molar-refractivity contribution in [2.24, 2.45) is 33.5 Å². The molecule has 23 heavy (non-hydrogen) atoms. The molecule has 4 atom stereocenters. The summed E-state index contributed by atoms with van der Waals surface area (Å²) in [4.78, 5) is 25.4. The Morgan fingerprint density at radius 3 is 1.48 bits per heavy atom. The summed E-state index contributed by atoms with van der Waals surface area (Å²) in [6.07, 6.45) is 6.34. The van der Waals surface area contributed by atoms with E-state index in [0.717, 1.165) is 36.3 Å². The van der Waals surface area contributed by atoms with Crippen LogP contribution in [0, 0.1) is 33.5 Å². The van der Waals surface area contributed by atoms with Crippen LogP contribution in [0.4, 0.5) is 0 Å². The van der Waals surface area contributed by atoms with Crippen molar-refractivity contribution in [3.63, 3.8) is 0 Å². The van der Waals surface area contributed by atoms with Gasteiger partial charge in [-0.05, 0) is 0 Å². The summed E-state index contributed by atoms with van der Waals surface area (Å²) in [5.41, 5.74) is 0.296. The van der Waals surface area contributed by atoms with Crippen LogP contribution in [0.5, 0.6) is 0 Å². The van der Waals surface area contributed by atoms with Crippen LogP contribution in [0.25, 0.3) is 0 Å². The van der Waals surface area contributed by atoms with Gasteiger partial charge in [-0.25, -0.2) is 0 Å². The van der Waals surface area contributed by atoms with Gasteiger partial charge in [0.1, 0.15) is 0 Å². The molecule has 0 aromatic rings. The number of hydrogen-bond acceptors (Lipinski definition) is 2. The molecule has 0 N–H and O–H groups in total. The van der Waals surface area contributed by atoms with E-state index in [1.54, 1.807) is 0 Å². The zero-order valence-corrected chi connectivity index (χ0v) is 16.7. The van der Waals surface area contributed by atoms with Gasteiger partial charge in [0.25, 0.3) is 0 Å². The minimum absolute atomic E-state index is 0.0435. The van der Waals surface area contributed by atoms with E-state index >= 15 is 0 Å². The van der Waals surface area contributed by atoms with Crippen molar-refractivity contribution < 1.29 is 9.59 Å². The first-order chi connectivity index (χ1) is 10.7. The molecule has 2 nitrogen and oxygen atoms in total. The molecule has 4 bridgehead atoms. The number of carbonyl (C=O) groups is 2. The van der Waals surface area contributed by atoms with E-state index in [4.69, 9.17) is 0 Å². The van der Waals surface area contributed by atoms with Crippen LogP contribution in [0.1, 0.15) is 66.2 Å². The molecule has 4 saturated carbocycles. The fourth-order valence-corrected chi connectivity index (χ4v) is 11.1. The Balaban J connectivity index is 1.51. The number of hydrogen-bond donors (Lipinski definition) is 0. The molecule has 0 aliphatic heterocycles. The van der Waals surface area contributed by atoms with Gasteiger partial charge in [0, 0.05) is 0 Å². The predicted molar refractivity (Wildman–Crippen MR) is 92.5 cm³/mol. The Morgan fingerprint density at radius 2 is 1.22 bits per heavy atom. The van der Waals surface area contributed by atoms with Crippen molar-refractivity contribution in [2.75, 3.05) is 0 Å². The predicted octanol–water partition coefficient (Wildman–Crippen LogP) is 4.32. The first-order valence-corrected chi connectivity index (χ1v) is 11.7. The van der Waals surface area contributed by atoms with Crippen LogP contribution in [-0.4, -0.2) is 26.5 Å². The molecule has 0 aromatic carbocycles. The summed E-state index contributed by atoms with van der Waals surface area (Å²) < 4.78 is 0. The minimum atomic E-state index is -0.0435. The van der Waals surface area contributed by atoms with Gasteiger partial charge in [0.15, 0.2) is 0 Å². The Hall–Kier alpha value is -0.141. The third kappa shape index (κ3) is 1.77. The monoisotopic (exact) mass is 382 g/mol. The molecule has 128 valence electrons. The van der Waals surface area contributed by atoms with E-state index in [9.17, 15) is 9.59 Å². The van der Waals surface area contributed by atoms with Crippen molar-refractivity contribution >= 4 is 26.5 Å². The van der Waals surface area contributed by atoms with Crippen LogP contribution < -0.4 is 0 Å². The van der Waals surface area contributed by atoms with Crippen molar-refractivity contribution in [2.45, 2.75) is 76.9 Å². The average molecular weight is 381 g/mol. The normalized spacial score (nSPS) is 46.1. The summed E-state index contributed by atoms with van der Waals surface area (Å²) in [5, 5.41) is 2.16. The topological polar surface area (TPSA) is 34.1 Å². The van der Waals surface area contributed by atoms with Gasteiger partial charge in [-0.3, -0.25) is 0 Å². The molecular weight excluding hydrogens is 351 g/mol. The van der Waals surface area contributed by atoms with E-state index in [0.29, 0.717) is 38.4 Å². The van der Waals surface area contributed by atoms with Gasteiger partial charge < -0.3 is 0 Å². The Labute approximate surface area is 146 Å². The fraction of sp³-hybridized carbons (Fsp3) is 0.900. The van der Waals surface area contributed by atoms with E-state index < -0.39 is 0 Å². The van der Waals surface area contributed by atoms with Crippen molar-refractivity contribution in [3.8, 4) is 0 Å². The van der Waals surface area contributed by atoms with Gasteiger partial charge in [0.2, 0.25) is 0 Å². The second-order valence-electron chi connectivity index (χ2n) is 9.83. The summed E-state index contributed by atoms with van der Waals surface area (Å²) >= 11 is 0.415. The number of ketones is 2. The van der Waals surface area contributed by atoms with Crippen LogP contribution >= 0.6 is 0 Å². The number of rotatable bonds is 4. The third-order valence-corrected chi connectivity index (χ3v) is 11.9. The number of carbonyl (C=O) groups excluding carboxylic acids is 2. The quantitative estimate of drug-likeness (QED) is 0.680. The van der Waals surface area contributed by atoms with Gasteiger partial charge >= 0.3 is 146 Å². The molecule has 0 amide bonds. The zero-order chi connectivity index (χ0) is 16.7. The Kier molecular flexibility index (Phi) is 3.36. The Bertz CT molecular complexity index is 528. The van der Waals surface area contributed by atoms with Gasteiger partial charge in [-0.2, -0.15) is 0 Å². The van der Waals surface area contributed by atoms with Gasteiger partial charge in [-0.1, -0.05) is 0 Å². The van der Waals surface area contributed by atoms with Crippen molar-refractivity contribution in [1.29, 1.82) is 0 Å². The molecule has 0 saturated heterocycles. The molecule has 3 heteroatoms. The average Bonchev–Trinajstić information content (AvgIpc) is 3.00. The molecule has 0 radical (unpaired) electrons. The molecule has 0 unspecified atom stereocenters. The van der Waals surface area contributed by atoms with E-state index in [1.807, 2.05) is 0 Å². The molecule has 4 aliphatic rings. The van der Waals surface area contributed by atoms with Crippen LogP contribution in [-0.2, 0) is 9.59 Å². The van der Waals surface area contributed by atoms with E-state index in [-0.39, 0.29) is 21.7 Å².